The van der Waals surface area contributed by atoms with Crippen molar-refractivity contribution >= 4 is 39.2 Å². The fraction of sp³-hybridized carbons (Fsp3) is 0.955. The topological polar surface area (TPSA) is 75.3 Å². The molecule has 1 amide bonds. The second-order valence-electron chi connectivity index (χ2n) is 12.9. The molecule has 0 aromatic carbocycles. The van der Waals surface area contributed by atoms with Gasteiger partial charge in [0.15, 0.2) is 45.7 Å². The van der Waals surface area contributed by atoms with Crippen molar-refractivity contribution < 1.29 is 27.2 Å². The van der Waals surface area contributed by atoms with Gasteiger partial charge in [0.05, 0.1) is 0 Å². The van der Waals surface area contributed by atoms with E-state index in [9.17, 15) is 4.79 Å². The lowest BCUT2D eigenvalue weighted by Crippen LogP contribution is -2.68. The molecule has 5 atom stereocenters. The van der Waals surface area contributed by atoms with Crippen LogP contribution < -0.4 is 5.32 Å². The predicted octanol–water partition coefficient (Wildman–Crippen LogP) is 5.14. The van der Waals surface area contributed by atoms with Gasteiger partial charge in [-0.15, -0.1) is 0 Å². The summed E-state index contributed by atoms with van der Waals surface area (Å²) in [5, 5.41) is 3.05. The third kappa shape index (κ3) is 12.1. The highest BCUT2D eigenvalue weighted by atomic mass is 28.4. The summed E-state index contributed by atoms with van der Waals surface area (Å²) in [5.74, 6) is -0.161. The molecular weight excluding hydrogens is 487 g/mol. The zero-order valence-corrected chi connectivity index (χ0v) is 27.5. The summed E-state index contributed by atoms with van der Waals surface area (Å²) >= 11 is 0. The van der Waals surface area contributed by atoms with Gasteiger partial charge in [0, 0.05) is 6.54 Å². The quantitative estimate of drug-likeness (QED) is 0.274. The fourth-order valence-electron chi connectivity index (χ4n) is 3.57. The highest BCUT2D eigenvalue weighted by Gasteiger charge is 2.54. The van der Waals surface area contributed by atoms with E-state index in [1.165, 1.54) is 0 Å². The van der Waals surface area contributed by atoms with Gasteiger partial charge in [-0.3, -0.25) is 4.79 Å². The second kappa shape index (κ2) is 11.9. The summed E-state index contributed by atoms with van der Waals surface area (Å²) in [7, 11) is -8.08. The number of nitrogens with one attached hydrogen (secondary N) is 1. The van der Waals surface area contributed by atoms with Crippen molar-refractivity contribution in [2.75, 3.05) is 6.54 Å². The molecule has 0 aliphatic carbocycles. The van der Waals surface area contributed by atoms with Gasteiger partial charge in [0.25, 0.3) is 5.91 Å². The molecule has 5 unspecified atom stereocenters. The normalized spacial score (nSPS) is 27.5. The Labute approximate surface area is 207 Å². The molecule has 1 N–H and O–H groups in total. The van der Waals surface area contributed by atoms with Crippen LogP contribution in [-0.2, 0) is 27.2 Å². The zero-order chi connectivity index (χ0) is 25.8. The predicted molar refractivity (Wildman–Crippen MR) is 146 cm³/mol. The zero-order valence-electron chi connectivity index (χ0n) is 23.5. The first kappa shape index (κ1) is 31.2. The SMILES string of the molecule is CCCCNC(=O)C1OC(O[Si](C)(C)C)C(O[Si](C)(C)C)C(O[Si](C)(C)C)C1O[Si](C)(C)C. The Morgan fingerprint density at radius 2 is 1.12 bits per heavy atom. The Balaban J connectivity index is 3.52. The minimum absolute atomic E-state index is 0.161. The monoisotopic (exact) mass is 537 g/mol. The maximum absolute atomic E-state index is 13.4. The van der Waals surface area contributed by atoms with Crippen LogP contribution in [0.3, 0.4) is 0 Å². The summed E-state index contributed by atoms with van der Waals surface area (Å²) in [6.07, 6.45) is -0.986. The fourth-order valence-corrected chi connectivity index (χ4v) is 7.67. The van der Waals surface area contributed by atoms with Gasteiger partial charge in [-0.1, -0.05) is 13.3 Å². The van der Waals surface area contributed by atoms with Crippen molar-refractivity contribution in [1.82, 2.24) is 5.32 Å². The maximum Gasteiger partial charge on any atom is 0.252 e. The highest BCUT2D eigenvalue weighted by molar-refractivity contribution is 6.71. The Bertz CT molecular complexity index is 624. The highest BCUT2D eigenvalue weighted by Crippen LogP contribution is 2.35. The van der Waals surface area contributed by atoms with Crippen LogP contribution in [-0.4, -0.2) is 76.4 Å². The Morgan fingerprint density at radius 1 is 0.697 bits per heavy atom. The molecule has 0 aromatic rings. The minimum Gasteiger partial charge on any atom is -0.409 e. The Morgan fingerprint density at radius 3 is 1.55 bits per heavy atom. The molecule has 0 spiro atoms. The largest absolute Gasteiger partial charge is 0.409 e. The van der Waals surface area contributed by atoms with Crippen molar-refractivity contribution in [2.45, 2.75) is 129 Å². The van der Waals surface area contributed by atoms with E-state index in [1.807, 2.05) is 0 Å². The number of amides is 1. The van der Waals surface area contributed by atoms with Gasteiger partial charge in [0.2, 0.25) is 0 Å². The van der Waals surface area contributed by atoms with Crippen molar-refractivity contribution in [3.05, 3.63) is 0 Å². The number of carbonyl (C=O) groups excluding carboxylic acids is 1. The third-order valence-electron chi connectivity index (χ3n) is 4.52. The van der Waals surface area contributed by atoms with E-state index in [2.05, 4.69) is 90.8 Å². The maximum atomic E-state index is 13.4. The van der Waals surface area contributed by atoms with Gasteiger partial charge < -0.3 is 27.8 Å². The molecule has 1 saturated heterocycles. The van der Waals surface area contributed by atoms with Crippen LogP contribution in [0.25, 0.3) is 0 Å². The van der Waals surface area contributed by atoms with Crippen LogP contribution in [0.15, 0.2) is 0 Å². The average Bonchev–Trinajstić information content (AvgIpc) is 2.55. The molecule has 1 aliphatic rings. The third-order valence-corrected chi connectivity index (χ3v) is 8.40. The van der Waals surface area contributed by atoms with E-state index in [0.29, 0.717) is 6.54 Å². The summed E-state index contributed by atoms with van der Waals surface area (Å²) in [5.41, 5.74) is 0. The molecule has 1 rings (SSSR count). The summed E-state index contributed by atoms with van der Waals surface area (Å²) < 4.78 is 33.0. The smallest absolute Gasteiger partial charge is 0.252 e. The van der Waals surface area contributed by atoms with Gasteiger partial charge in [-0.05, 0) is 85.0 Å². The van der Waals surface area contributed by atoms with Crippen molar-refractivity contribution in [2.24, 2.45) is 0 Å². The van der Waals surface area contributed by atoms with Gasteiger partial charge in [0.1, 0.15) is 18.3 Å². The van der Waals surface area contributed by atoms with Crippen LogP contribution in [0.1, 0.15) is 19.8 Å². The van der Waals surface area contributed by atoms with Gasteiger partial charge in [-0.25, -0.2) is 0 Å². The number of carbonyl (C=O) groups is 1. The molecule has 1 aliphatic heterocycles. The number of ether oxygens (including phenoxy) is 1. The van der Waals surface area contributed by atoms with Crippen LogP contribution >= 0.6 is 0 Å². The van der Waals surface area contributed by atoms with Crippen LogP contribution in [0.5, 0.6) is 0 Å². The van der Waals surface area contributed by atoms with E-state index in [1.54, 1.807) is 0 Å². The minimum atomic E-state index is -2.05. The summed E-state index contributed by atoms with van der Waals surface area (Å²) in [4.78, 5) is 13.4. The van der Waals surface area contributed by atoms with Crippen LogP contribution in [0.4, 0.5) is 0 Å². The van der Waals surface area contributed by atoms with Crippen LogP contribution in [0, 0.1) is 0 Å². The molecule has 0 radical (unpaired) electrons. The molecule has 196 valence electrons. The van der Waals surface area contributed by atoms with Crippen molar-refractivity contribution in [3.63, 3.8) is 0 Å². The molecule has 1 heterocycles. The van der Waals surface area contributed by atoms with Gasteiger partial charge >= 0.3 is 0 Å². The van der Waals surface area contributed by atoms with E-state index in [0.717, 1.165) is 12.8 Å². The number of hydrogen-bond donors (Lipinski definition) is 1. The molecule has 0 saturated carbocycles. The van der Waals surface area contributed by atoms with E-state index in [-0.39, 0.29) is 5.91 Å². The number of rotatable bonds is 12. The molecule has 33 heavy (non-hydrogen) atoms. The first-order chi connectivity index (χ1) is 14.7. The lowest BCUT2D eigenvalue weighted by Gasteiger charge is -2.51. The van der Waals surface area contributed by atoms with Crippen LogP contribution in [0.2, 0.25) is 78.6 Å². The molecular formula is C22H51NO6Si4. The summed E-state index contributed by atoms with van der Waals surface area (Å²) in [6.45, 7) is 28.4. The number of hydrogen-bond acceptors (Lipinski definition) is 6. The van der Waals surface area contributed by atoms with E-state index in [4.69, 9.17) is 22.4 Å². The first-order valence-corrected chi connectivity index (χ1v) is 26.0. The van der Waals surface area contributed by atoms with E-state index >= 15 is 0 Å². The number of unbranched alkanes of at least 4 members (excludes halogenated alkanes) is 1. The Kier molecular flexibility index (Phi) is 11.3. The standard InChI is InChI=1S/C22H51NO6Si4/c1-14-15-16-23-21(24)19-17(26-30(2,3)4)18(27-31(5,6)7)20(28-32(8,9)10)22(25-19)29-33(11,12)13/h17-20,22H,14-16H2,1-13H3,(H,23,24). The molecule has 11 heteroatoms. The van der Waals surface area contributed by atoms with Gasteiger partial charge in [-0.2, -0.15) is 0 Å². The van der Waals surface area contributed by atoms with E-state index < -0.39 is 64.0 Å². The lowest BCUT2D eigenvalue weighted by molar-refractivity contribution is -0.258. The first-order valence-electron chi connectivity index (χ1n) is 12.4. The molecule has 7 nitrogen and oxygen atoms in total. The van der Waals surface area contributed by atoms with Crippen molar-refractivity contribution in [1.29, 1.82) is 0 Å². The lowest BCUT2D eigenvalue weighted by atomic mass is 9.98. The average molecular weight is 538 g/mol. The summed E-state index contributed by atoms with van der Waals surface area (Å²) in [6, 6.07) is 0. The molecule has 1 fully saturated rings. The second-order valence-corrected chi connectivity index (χ2v) is 30.7. The Hall–Kier alpha value is 0.138. The molecule has 0 bridgehead atoms. The molecule has 0 aromatic heterocycles. The van der Waals surface area contributed by atoms with Crippen molar-refractivity contribution in [3.8, 4) is 0 Å².